The SMILES string of the molecule is C/C(=N/Nc1ccc([N+](=O)[O-])cc1[N+](=O)[O-])c1cc(C)ccc1C. The van der Waals surface area contributed by atoms with E-state index in [1.54, 1.807) is 6.92 Å². The molecule has 24 heavy (non-hydrogen) atoms. The predicted molar refractivity (Wildman–Crippen MR) is 91.5 cm³/mol. The maximum Gasteiger partial charge on any atom is 0.301 e. The Kier molecular flexibility index (Phi) is 4.88. The van der Waals surface area contributed by atoms with E-state index in [0.29, 0.717) is 5.71 Å². The van der Waals surface area contributed by atoms with E-state index in [1.807, 2.05) is 32.0 Å². The number of hydrogen-bond acceptors (Lipinski definition) is 6. The van der Waals surface area contributed by atoms with Crippen LogP contribution in [-0.2, 0) is 0 Å². The minimum Gasteiger partial charge on any atom is -0.271 e. The van der Waals surface area contributed by atoms with E-state index in [4.69, 9.17) is 0 Å². The molecule has 0 spiro atoms. The van der Waals surface area contributed by atoms with E-state index in [1.165, 1.54) is 12.1 Å². The van der Waals surface area contributed by atoms with Crippen LogP contribution in [0.1, 0.15) is 23.6 Å². The summed E-state index contributed by atoms with van der Waals surface area (Å²) in [4.78, 5) is 20.5. The van der Waals surface area contributed by atoms with Crippen molar-refractivity contribution in [3.63, 3.8) is 0 Å². The number of non-ortho nitro benzene ring substituents is 1. The van der Waals surface area contributed by atoms with Crippen molar-refractivity contribution in [2.75, 3.05) is 5.43 Å². The summed E-state index contributed by atoms with van der Waals surface area (Å²) in [6.45, 7) is 5.69. The number of anilines is 1. The van der Waals surface area contributed by atoms with E-state index in [-0.39, 0.29) is 11.4 Å². The van der Waals surface area contributed by atoms with Crippen LogP contribution in [0.4, 0.5) is 17.1 Å². The van der Waals surface area contributed by atoms with Crippen LogP contribution in [0.15, 0.2) is 41.5 Å². The first-order valence-electron chi connectivity index (χ1n) is 7.10. The Morgan fingerprint density at radius 2 is 1.75 bits per heavy atom. The minimum absolute atomic E-state index is 0.0928. The van der Waals surface area contributed by atoms with Gasteiger partial charge in [-0.1, -0.05) is 17.7 Å². The largest absolute Gasteiger partial charge is 0.301 e. The standard InChI is InChI=1S/C16H16N4O4/c1-10-4-5-11(2)14(8-10)12(3)17-18-15-7-6-13(19(21)22)9-16(15)20(23)24/h4-9,18H,1-3H3/b17-12-. The molecule has 1 N–H and O–H groups in total. The number of hydrazone groups is 1. The molecule has 0 aromatic heterocycles. The van der Waals surface area contributed by atoms with Gasteiger partial charge in [0.15, 0.2) is 0 Å². The molecule has 2 aromatic rings. The zero-order chi connectivity index (χ0) is 17.9. The fourth-order valence-electron chi connectivity index (χ4n) is 2.21. The maximum atomic E-state index is 11.1. The topological polar surface area (TPSA) is 111 Å². The molecule has 0 amide bonds. The third kappa shape index (κ3) is 3.72. The average molecular weight is 328 g/mol. The van der Waals surface area contributed by atoms with Crippen molar-refractivity contribution in [2.24, 2.45) is 5.10 Å². The molecule has 8 nitrogen and oxygen atoms in total. The van der Waals surface area contributed by atoms with Crippen molar-refractivity contribution in [1.82, 2.24) is 0 Å². The highest BCUT2D eigenvalue weighted by atomic mass is 16.6. The fourth-order valence-corrected chi connectivity index (χ4v) is 2.21. The van der Waals surface area contributed by atoms with Gasteiger partial charge in [0.25, 0.3) is 5.69 Å². The number of benzene rings is 2. The van der Waals surface area contributed by atoms with E-state index >= 15 is 0 Å². The van der Waals surface area contributed by atoms with Crippen LogP contribution < -0.4 is 5.43 Å². The molecule has 8 heteroatoms. The van der Waals surface area contributed by atoms with Crippen LogP contribution in [0.5, 0.6) is 0 Å². The molecule has 0 aliphatic heterocycles. The van der Waals surface area contributed by atoms with Crippen LogP contribution >= 0.6 is 0 Å². The van der Waals surface area contributed by atoms with Gasteiger partial charge in [0, 0.05) is 11.6 Å². The number of nitrogens with zero attached hydrogens (tertiary/aromatic N) is 3. The van der Waals surface area contributed by atoms with Gasteiger partial charge in [-0.3, -0.25) is 25.7 Å². The summed E-state index contributed by atoms with van der Waals surface area (Å²) < 4.78 is 0. The number of nitro groups is 2. The van der Waals surface area contributed by atoms with Gasteiger partial charge in [-0.2, -0.15) is 5.10 Å². The summed E-state index contributed by atoms with van der Waals surface area (Å²) in [7, 11) is 0. The smallest absolute Gasteiger partial charge is 0.271 e. The summed E-state index contributed by atoms with van der Waals surface area (Å²) in [6, 6.07) is 9.30. The number of rotatable bonds is 5. The van der Waals surface area contributed by atoms with Gasteiger partial charge < -0.3 is 0 Å². The second-order valence-corrected chi connectivity index (χ2v) is 5.34. The third-order valence-electron chi connectivity index (χ3n) is 3.52. The summed E-state index contributed by atoms with van der Waals surface area (Å²) in [5, 5.41) is 26.0. The fraction of sp³-hybridized carbons (Fsp3) is 0.188. The van der Waals surface area contributed by atoms with Crippen LogP contribution in [0.25, 0.3) is 0 Å². The lowest BCUT2D eigenvalue weighted by atomic mass is 10.0. The molecule has 0 heterocycles. The lowest BCUT2D eigenvalue weighted by Gasteiger charge is -2.08. The summed E-state index contributed by atoms with van der Waals surface area (Å²) in [5.41, 5.74) is 5.66. The second kappa shape index (κ2) is 6.86. The van der Waals surface area contributed by atoms with Crippen LogP contribution in [-0.4, -0.2) is 15.6 Å². The zero-order valence-electron chi connectivity index (χ0n) is 13.4. The van der Waals surface area contributed by atoms with Crippen molar-refractivity contribution in [1.29, 1.82) is 0 Å². The lowest BCUT2D eigenvalue weighted by molar-refractivity contribution is -0.393. The summed E-state index contributed by atoms with van der Waals surface area (Å²) in [6.07, 6.45) is 0. The Hall–Kier alpha value is -3.29. The molecule has 0 bridgehead atoms. The first-order chi connectivity index (χ1) is 11.3. The molecule has 0 aliphatic carbocycles. The average Bonchev–Trinajstić information content (AvgIpc) is 2.54. The number of nitrogens with one attached hydrogen (secondary N) is 1. The third-order valence-corrected chi connectivity index (χ3v) is 3.52. The van der Waals surface area contributed by atoms with E-state index in [2.05, 4.69) is 10.5 Å². The molecule has 2 rings (SSSR count). The Morgan fingerprint density at radius 3 is 2.38 bits per heavy atom. The van der Waals surface area contributed by atoms with Crippen molar-refractivity contribution in [2.45, 2.75) is 20.8 Å². The Morgan fingerprint density at radius 1 is 1.04 bits per heavy atom. The van der Waals surface area contributed by atoms with E-state index in [9.17, 15) is 20.2 Å². The zero-order valence-corrected chi connectivity index (χ0v) is 13.4. The van der Waals surface area contributed by atoms with E-state index in [0.717, 1.165) is 22.8 Å². The first kappa shape index (κ1) is 17.1. The van der Waals surface area contributed by atoms with Gasteiger partial charge in [-0.05, 0) is 38.5 Å². The Bertz CT molecular complexity index is 846. The van der Waals surface area contributed by atoms with Gasteiger partial charge in [-0.15, -0.1) is 0 Å². The minimum atomic E-state index is -0.682. The molecule has 2 aromatic carbocycles. The van der Waals surface area contributed by atoms with Gasteiger partial charge >= 0.3 is 5.69 Å². The molecule has 0 atom stereocenters. The molecule has 0 aliphatic rings. The highest BCUT2D eigenvalue weighted by Gasteiger charge is 2.19. The van der Waals surface area contributed by atoms with Gasteiger partial charge in [-0.25, -0.2) is 0 Å². The monoisotopic (exact) mass is 328 g/mol. The number of nitro benzene ring substituents is 2. The van der Waals surface area contributed by atoms with Crippen molar-refractivity contribution in [3.8, 4) is 0 Å². The Balaban J connectivity index is 2.35. The molecular weight excluding hydrogens is 312 g/mol. The van der Waals surface area contributed by atoms with Crippen molar-refractivity contribution >= 4 is 22.8 Å². The highest BCUT2D eigenvalue weighted by molar-refractivity contribution is 6.00. The molecule has 124 valence electrons. The molecular formula is C16H16N4O4. The second-order valence-electron chi connectivity index (χ2n) is 5.34. The molecule has 0 saturated carbocycles. The van der Waals surface area contributed by atoms with Gasteiger partial charge in [0.2, 0.25) is 0 Å². The van der Waals surface area contributed by atoms with Gasteiger partial charge in [0.05, 0.1) is 21.6 Å². The number of hydrogen-bond donors (Lipinski definition) is 1. The first-order valence-corrected chi connectivity index (χ1v) is 7.10. The highest BCUT2D eigenvalue weighted by Crippen LogP contribution is 2.29. The summed E-state index contributed by atoms with van der Waals surface area (Å²) >= 11 is 0. The normalized spacial score (nSPS) is 11.2. The molecule has 0 radical (unpaired) electrons. The van der Waals surface area contributed by atoms with Crippen LogP contribution in [0.3, 0.4) is 0 Å². The quantitative estimate of drug-likeness (QED) is 0.507. The molecule has 0 unspecified atom stereocenters. The number of aryl methyl sites for hydroxylation is 2. The van der Waals surface area contributed by atoms with Crippen LogP contribution in [0.2, 0.25) is 0 Å². The predicted octanol–water partition coefficient (Wildman–Crippen LogP) is 3.96. The Labute approximate surface area is 138 Å². The lowest BCUT2D eigenvalue weighted by Crippen LogP contribution is -2.04. The van der Waals surface area contributed by atoms with Crippen molar-refractivity contribution < 1.29 is 9.85 Å². The molecule has 0 saturated heterocycles. The van der Waals surface area contributed by atoms with Crippen molar-refractivity contribution in [3.05, 3.63) is 73.3 Å². The summed E-state index contributed by atoms with van der Waals surface area (Å²) in [5.74, 6) is 0. The van der Waals surface area contributed by atoms with Crippen LogP contribution in [0, 0.1) is 34.1 Å². The maximum absolute atomic E-state index is 11.1. The van der Waals surface area contributed by atoms with Gasteiger partial charge in [0.1, 0.15) is 5.69 Å². The molecule has 0 fully saturated rings. The van der Waals surface area contributed by atoms with E-state index < -0.39 is 15.5 Å².